The molecule has 2 aliphatic rings. The van der Waals surface area contributed by atoms with E-state index in [2.05, 4.69) is 39.1 Å². The minimum Gasteiger partial charge on any atom is -0.497 e. The zero-order valence-corrected chi connectivity index (χ0v) is 20.9. The second kappa shape index (κ2) is 8.58. The number of hydrogen-bond donors (Lipinski definition) is 2. The SMILES string of the molecule is COC(=O)C1(C)CCCC2(C)c3cc(Nc4ccc(OC)cc4)c(C(C)C)c(N)c3CCC12. The average Bonchev–Trinajstić information content (AvgIpc) is 2.79. The van der Waals surface area contributed by atoms with Gasteiger partial charge in [0.1, 0.15) is 5.75 Å². The molecule has 178 valence electrons. The van der Waals surface area contributed by atoms with Crippen molar-refractivity contribution in [2.45, 2.75) is 71.1 Å². The molecule has 5 heteroatoms. The number of nitrogen functional groups attached to an aromatic ring is 1. The van der Waals surface area contributed by atoms with Crippen LogP contribution in [0.2, 0.25) is 0 Å². The zero-order valence-electron chi connectivity index (χ0n) is 20.9. The molecule has 3 unspecified atom stereocenters. The van der Waals surface area contributed by atoms with E-state index in [1.54, 1.807) is 7.11 Å². The second-order valence-electron chi connectivity index (χ2n) is 10.6. The molecular weight excluding hydrogens is 412 g/mol. The van der Waals surface area contributed by atoms with Gasteiger partial charge in [0.05, 0.1) is 19.6 Å². The van der Waals surface area contributed by atoms with Crippen molar-refractivity contribution in [2.24, 2.45) is 11.3 Å². The fraction of sp³-hybridized carbons (Fsp3) is 0.536. The van der Waals surface area contributed by atoms with Gasteiger partial charge >= 0.3 is 5.97 Å². The summed E-state index contributed by atoms with van der Waals surface area (Å²) in [4.78, 5) is 12.9. The normalized spacial score (nSPS) is 26.3. The summed E-state index contributed by atoms with van der Waals surface area (Å²) >= 11 is 0. The van der Waals surface area contributed by atoms with Crippen molar-refractivity contribution >= 4 is 23.0 Å². The molecule has 0 radical (unpaired) electrons. The Kier molecular flexibility index (Phi) is 6.10. The Balaban J connectivity index is 1.83. The Morgan fingerprint density at radius 1 is 1.15 bits per heavy atom. The Hall–Kier alpha value is -2.69. The van der Waals surface area contributed by atoms with Crippen molar-refractivity contribution < 1.29 is 14.3 Å². The number of nitrogens with two attached hydrogens (primary N) is 1. The summed E-state index contributed by atoms with van der Waals surface area (Å²) in [5, 5.41) is 3.64. The van der Waals surface area contributed by atoms with Crippen LogP contribution in [0.1, 0.15) is 76.0 Å². The molecule has 3 N–H and O–H groups in total. The number of methoxy groups -OCH3 is 2. The molecule has 0 amide bonds. The van der Waals surface area contributed by atoms with E-state index in [9.17, 15) is 4.79 Å². The number of benzene rings is 2. The van der Waals surface area contributed by atoms with Crippen LogP contribution in [0.3, 0.4) is 0 Å². The quantitative estimate of drug-likeness (QED) is 0.411. The number of nitrogens with one attached hydrogen (secondary N) is 1. The lowest BCUT2D eigenvalue weighted by molar-refractivity contribution is -0.161. The van der Waals surface area contributed by atoms with Gasteiger partial charge in [-0.05, 0) is 91.3 Å². The monoisotopic (exact) mass is 450 g/mol. The summed E-state index contributed by atoms with van der Waals surface area (Å²) in [6, 6.07) is 10.3. The van der Waals surface area contributed by atoms with Gasteiger partial charge in [-0.15, -0.1) is 0 Å². The molecule has 1 saturated carbocycles. The van der Waals surface area contributed by atoms with Gasteiger partial charge in [-0.1, -0.05) is 27.2 Å². The lowest BCUT2D eigenvalue weighted by Gasteiger charge is -2.54. The van der Waals surface area contributed by atoms with Crippen molar-refractivity contribution in [3.05, 3.63) is 47.0 Å². The molecule has 33 heavy (non-hydrogen) atoms. The number of esters is 1. The lowest BCUT2D eigenvalue weighted by atomic mass is 9.49. The molecular formula is C28H38N2O3. The standard InChI is InChI=1S/C28H38N2O3/c1-17(2)24-22(30-18-8-10-19(32-5)11-9-18)16-21-20(25(24)29)12-13-23-27(21,3)14-7-15-28(23,4)26(31)33-6/h8-11,16-17,23,30H,7,12-15,29H2,1-6H3. The van der Waals surface area contributed by atoms with E-state index in [4.69, 9.17) is 15.2 Å². The largest absolute Gasteiger partial charge is 0.497 e. The van der Waals surface area contributed by atoms with Crippen molar-refractivity contribution in [2.75, 3.05) is 25.3 Å². The average molecular weight is 451 g/mol. The molecule has 1 fully saturated rings. The van der Waals surface area contributed by atoms with Crippen LogP contribution in [0.15, 0.2) is 30.3 Å². The van der Waals surface area contributed by atoms with Gasteiger partial charge < -0.3 is 20.5 Å². The van der Waals surface area contributed by atoms with E-state index in [1.807, 2.05) is 24.3 Å². The van der Waals surface area contributed by atoms with Crippen LogP contribution in [0.5, 0.6) is 5.75 Å². The smallest absolute Gasteiger partial charge is 0.311 e. The van der Waals surface area contributed by atoms with Crippen LogP contribution in [0.25, 0.3) is 0 Å². The van der Waals surface area contributed by atoms with Crippen LogP contribution < -0.4 is 15.8 Å². The van der Waals surface area contributed by atoms with Crippen LogP contribution in [0, 0.1) is 11.3 Å². The van der Waals surface area contributed by atoms with Gasteiger partial charge in [0.15, 0.2) is 0 Å². The van der Waals surface area contributed by atoms with Gasteiger partial charge in [0.2, 0.25) is 0 Å². The van der Waals surface area contributed by atoms with E-state index in [0.29, 0.717) is 0 Å². The van der Waals surface area contributed by atoms with Crippen LogP contribution in [-0.4, -0.2) is 20.2 Å². The van der Waals surface area contributed by atoms with Crippen molar-refractivity contribution in [3.8, 4) is 5.75 Å². The van der Waals surface area contributed by atoms with Crippen LogP contribution in [-0.2, 0) is 21.4 Å². The predicted octanol–water partition coefficient (Wildman–Crippen LogP) is 6.33. The van der Waals surface area contributed by atoms with Gasteiger partial charge in [-0.2, -0.15) is 0 Å². The van der Waals surface area contributed by atoms with Gasteiger partial charge in [0.25, 0.3) is 0 Å². The number of rotatable bonds is 5. The third-order valence-electron chi connectivity index (χ3n) is 8.35. The molecule has 0 spiro atoms. The van der Waals surface area contributed by atoms with Crippen LogP contribution in [0.4, 0.5) is 17.1 Å². The maximum absolute atomic E-state index is 12.9. The van der Waals surface area contributed by atoms with Crippen molar-refractivity contribution in [1.82, 2.24) is 0 Å². The first kappa shape index (κ1) is 23.5. The first-order chi connectivity index (χ1) is 15.7. The zero-order chi connectivity index (χ0) is 24.0. The number of ether oxygens (including phenoxy) is 2. The van der Waals surface area contributed by atoms with Gasteiger partial charge in [0, 0.05) is 22.6 Å². The summed E-state index contributed by atoms with van der Waals surface area (Å²) in [5.74, 6) is 1.27. The third kappa shape index (κ3) is 3.75. The molecule has 0 saturated heterocycles. The number of carbonyl (C=O) groups is 1. The Morgan fingerprint density at radius 2 is 1.85 bits per heavy atom. The Labute approximate surface area is 198 Å². The van der Waals surface area contributed by atoms with Gasteiger partial charge in [-0.25, -0.2) is 0 Å². The molecule has 0 aliphatic heterocycles. The lowest BCUT2D eigenvalue weighted by Crippen LogP contribution is -2.52. The molecule has 2 aromatic rings. The van der Waals surface area contributed by atoms with Crippen molar-refractivity contribution in [3.63, 3.8) is 0 Å². The van der Waals surface area contributed by atoms with E-state index < -0.39 is 5.41 Å². The second-order valence-corrected chi connectivity index (χ2v) is 10.6. The molecule has 2 aliphatic carbocycles. The topological polar surface area (TPSA) is 73.6 Å². The minimum absolute atomic E-state index is 0.0785. The van der Waals surface area contributed by atoms with Crippen molar-refractivity contribution in [1.29, 1.82) is 0 Å². The highest BCUT2D eigenvalue weighted by molar-refractivity contribution is 5.79. The third-order valence-corrected chi connectivity index (χ3v) is 8.35. The summed E-state index contributed by atoms with van der Waals surface area (Å²) in [7, 11) is 3.19. The first-order valence-corrected chi connectivity index (χ1v) is 12.1. The Bertz CT molecular complexity index is 1050. The minimum atomic E-state index is -0.464. The molecule has 0 bridgehead atoms. The summed E-state index contributed by atoms with van der Waals surface area (Å²) < 4.78 is 10.6. The number of fused-ring (bicyclic) bond motifs is 3. The van der Waals surface area contributed by atoms with Gasteiger partial charge in [-0.3, -0.25) is 4.79 Å². The first-order valence-electron chi connectivity index (χ1n) is 12.1. The molecule has 0 aromatic heterocycles. The number of anilines is 3. The van der Waals surface area contributed by atoms with E-state index in [-0.39, 0.29) is 23.2 Å². The van der Waals surface area contributed by atoms with Crippen LogP contribution >= 0.6 is 0 Å². The highest BCUT2D eigenvalue weighted by Crippen LogP contribution is 2.59. The fourth-order valence-corrected chi connectivity index (χ4v) is 6.70. The molecule has 5 nitrogen and oxygen atoms in total. The van der Waals surface area contributed by atoms with E-state index in [0.717, 1.165) is 60.5 Å². The highest BCUT2D eigenvalue weighted by atomic mass is 16.5. The van der Waals surface area contributed by atoms with E-state index in [1.165, 1.54) is 18.2 Å². The molecule has 3 atom stereocenters. The molecule has 0 heterocycles. The summed E-state index contributed by atoms with van der Waals surface area (Å²) in [5.41, 5.74) is 13.0. The maximum Gasteiger partial charge on any atom is 0.311 e. The fourth-order valence-electron chi connectivity index (χ4n) is 6.70. The van der Waals surface area contributed by atoms with E-state index >= 15 is 0 Å². The molecule has 2 aromatic carbocycles. The maximum atomic E-state index is 12.9. The molecule has 4 rings (SSSR count). The Morgan fingerprint density at radius 3 is 2.45 bits per heavy atom. The predicted molar refractivity (Wildman–Crippen MR) is 134 cm³/mol. The summed E-state index contributed by atoms with van der Waals surface area (Å²) in [6.07, 6.45) is 4.80. The summed E-state index contributed by atoms with van der Waals surface area (Å²) in [6.45, 7) is 8.83. The highest BCUT2D eigenvalue weighted by Gasteiger charge is 2.56. The number of carbonyl (C=O) groups excluding carboxylic acids is 1. The number of hydrogen-bond acceptors (Lipinski definition) is 5.